The molecule has 5 heteroatoms. The molecule has 0 aromatic heterocycles. The summed E-state index contributed by atoms with van der Waals surface area (Å²) >= 11 is 1.69. The van der Waals surface area contributed by atoms with E-state index in [4.69, 9.17) is 4.74 Å². The normalized spacial score (nSPS) is 10.8. The van der Waals surface area contributed by atoms with Crippen LogP contribution in [0.1, 0.15) is 27.2 Å². The molecule has 0 saturated heterocycles. The number of halogens is 1. The molecule has 0 aliphatic heterocycles. The van der Waals surface area contributed by atoms with Crippen LogP contribution in [0.15, 0.2) is 0 Å². The molecule has 0 aromatic rings. The van der Waals surface area contributed by atoms with E-state index in [0.29, 0.717) is 13.0 Å². The van der Waals surface area contributed by atoms with Gasteiger partial charge >= 0.3 is 6.09 Å². The molecule has 1 N–H and O–H groups in total. The SMILES string of the molecule is CC(C)(C)OC(=O)NCCC(=O)I. The van der Waals surface area contributed by atoms with E-state index in [2.05, 4.69) is 5.32 Å². The molecule has 0 rings (SSSR count). The summed E-state index contributed by atoms with van der Waals surface area (Å²) in [5, 5.41) is 2.48. The molecule has 0 saturated carbocycles. The van der Waals surface area contributed by atoms with Gasteiger partial charge in [-0.3, -0.25) is 4.79 Å². The summed E-state index contributed by atoms with van der Waals surface area (Å²) < 4.78 is 4.98. The zero-order chi connectivity index (χ0) is 10.5. The fourth-order valence-electron chi connectivity index (χ4n) is 0.577. The van der Waals surface area contributed by atoms with Gasteiger partial charge in [0.2, 0.25) is 0 Å². The highest BCUT2D eigenvalue weighted by atomic mass is 127. The highest BCUT2D eigenvalue weighted by molar-refractivity contribution is 14.1. The Bertz CT molecular complexity index is 198. The predicted octanol–water partition coefficient (Wildman–Crippen LogP) is 1.86. The minimum atomic E-state index is -0.488. The summed E-state index contributed by atoms with van der Waals surface area (Å²) in [7, 11) is 0. The lowest BCUT2D eigenvalue weighted by atomic mass is 10.2. The van der Waals surface area contributed by atoms with Gasteiger partial charge in [-0.05, 0) is 43.4 Å². The van der Waals surface area contributed by atoms with E-state index in [1.165, 1.54) is 0 Å². The molecule has 0 aromatic carbocycles. The maximum absolute atomic E-state index is 11.0. The second-order valence-corrected chi connectivity index (χ2v) is 4.74. The average molecular weight is 299 g/mol. The van der Waals surface area contributed by atoms with Crippen molar-refractivity contribution in [2.45, 2.75) is 32.8 Å². The van der Waals surface area contributed by atoms with Crippen molar-refractivity contribution >= 4 is 32.5 Å². The number of rotatable bonds is 3. The van der Waals surface area contributed by atoms with Gasteiger partial charge in [0.1, 0.15) is 5.60 Å². The first kappa shape index (κ1) is 12.7. The summed E-state index contributed by atoms with van der Waals surface area (Å²) in [6.45, 7) is 5.69. The maximum atomic E-state index is 11.0. The summed E-state index contributed by atoms with van der Waals surface area (Å²) in [6.07, 6.45) is -0.148. The van der Waals surface area contributed by atoms with Gasteiger partial charge in [0.05, 0.1) is 0 Å². The smallest absolute Gasteiger partial charge is 0.407 e. The summed E-state index contributed by atoms with van der Waals surface area (Å²) in [5.41, 5.74) is -0.488. The van der Waals surface area contributed by atoms with Crippen LogP contribution in [-0.2, 0) is 9.53 Å². The Morgan fingerprint density at radius 3 is 2.31 bits per heavy atom. The van der Waals surface area contributed by atoms with E-state index in [9.17, 15) is 9.59 Å². The second-order valence-electron chi connectivity index (χ2n) is 3.53. The Labute approximate surface area is 91.5 Å². The van der Waals surface area contributed by atoms with E-state index >= 15 is 0 Å². The minimum Gasteiger partial charge on any atom is -0.444 e. The number of hydrogen-bond donors (Lipinski definition) is 1. The molecule has 0 spiro atoms. The number of nitrogens with one attached hydrogen (secondary N) is 1. The van der Waals surface area contributed by atoms with Crippen LogP contribution in [0.25, 0.3) is 0 Å². The molecule has 1 amide bonds. The van der Waals surface area contributed by atoms with Crippen LogP contribution in [0.5, 0.6) is 0 Å². The van der Waals surface area contributed by atoms with Crippen LogP contribution >= 0.6 is 22.6 Å². The first-order valence-electron chi connectivity index (χ1n) is 3.96. The predicted molar refractivity (Wildman–Crippen MR) is 57.9 cm³/mol. The summed E-state index contributed by atoms with van der Waals surface area (Å²) in [6, 6.07) is 0. The molecule has 0 aliphatic carbocycles. The summed E-state index contributed by atoms with van der Waals surface area (Å²) in [4.78, 5) is 21.5. The number of amides is 1. The zero-order valence-electron chi connectivity index (χ0n) is 8.02. The highest BCUT2D eigenvalue weighted by Gasteiger charge is 2.15. The molecule has 13 heavy (non-hydrogen) atoms. The van der Waals surface area contributed by atoms with E-state index in [1.807, 2.05) is 0 Å². The third-order valence-corrected chi connectivity index (χ3v) is 1.53. The molecule has 0 atom stereocenters. The fourth-order valence-corrected chi connectivity index (χ4v) is 0.847. The molecule has 0 fully saturated rings. The van der Waals surface area contributed by atoms with E-state index in [0.717, 1.165) is 0 Å². The number of alkyl carbamates (subject to hydrolysis) is 1. The largest absolute Gasteiger partial charge is 0.444 e. The van der Waals surface area contributed by atoms with Gasteiger partial charge in [0.25, 0.3) is 0 Å². The molecule has 0 unspecified atom stereocenters. The van der Waals surface area contributed by atoms with Crippen molar-refractivity contribution < 1.29 is 14.3 Å². The lowest BCUT2D eigenvalue weighted by Gasteiger charge is -2.19. The van der Waals surface area contributed by atoms with Crippen molar-refractivity contribution in [2.24, 2.45) is 0 Å². The molecule has 0 radical (unpaired) electrons. The first-order valence-corrected chi connectivity index (χ1v) is 5.04. The van der Waals surface area contributed by atoms with Crippen molar-refractivity contribution in [3.05, 3.63) is 0 Å². The molecule has 4 nitrogen and oxygen atoms in total. The van der Waals surface area contributed by atoms with Gasteiger partial charge in [-0.1, -0.05) is 0 Å². The van der Waals surface area contributed by atoms with Crippen LogP contribution < -0.4 is 5.32 Å². The van der Waals surface area contributed by atoms with E-state index < -0.39 is 11.7 Å². The maximum Gasteiger partial charge on any atom is 0.407 e. The zero-order valence-corrected chi connectivity index (χ0v) is 10.2. The van der Waals surface area contributed by atoms with Gasteiger partial charge in [-0.25, -0.2) is 4.79 Å². The monoisotopic (exact) mass is 299 g/mol. The topological polar surface area (TPSA) is 55.4 Å². The van der Waals surface area contributed by atoms with Gasteiger partial charge < -0.3 is 10.1 Å². The molecule has 0 heterocycles. The van der Waals surface area contributed by atoms with Gasteiger partial charge in [-0.15, -0.1) is 0 Å². The van der Waals surface area contributed by atoms with Crippen molar-refractivity contribution in [3.63, 3.8) is 0 Å². The van der Waals surface area contributed by atoms with Crippen LogP contribution in [0.4, 0.5) is 4.79 Å². The van der Waals surface area contributed by atoms with Crippen molar-refractivity contribution in [2.75, 3.05) is 6.54 Å². The standard InChI is InChI=1S/C8H14INO3/c1-8(2,3)13-7(12)10-5-4-6(9)11/h4-5H2,1-3H3,(H,10,12). The van der Waals surface area contributed by atoms with Gasteiger partial charge in [0.15, 0.2) is 3.79 Å². The Balaban J connectivity index is 3.59. The summed E-state index contributed by atoms with van der Waals surface area (Å²) in [5.74, 6) is 0. The average Bonchev–Trinajstić information content (AvgIpc) is 1.81. The van der Waals surface area contributed by atoms with E-state index in [-0.39, 0.29) is 3.79 Å². The van der Waals surface area contributed by atoms with Crippen LogP contribution in [0, 0.1) is 0 Å². The van der Waals surface area contributed by atoms with Crippen molar-refractivity contribution in [1.29, 1.82) is 0 Å². The highest BCUT2D eigenvalue weighted by Crippen LogP contribution is 2.06. The molecule has 76 valence electrons. The number of hydrogen-bond acceptors (Lipinski definition) is 3. The first-order chi connectivity index (χ1) is 5.81. The molecule has 0 bridgehead atoms. The van der Waals surface area contributed by atoms with Crippen molar-refractivity contribution in [1.82, 2.24) is 5.32 Å². The number of ether oxygens (including phenoxy) is 1. The molecular weight excluding hydrogens is 285 g/mol. The Hall–Kier alpha value is -0.330. The Morgan fingerprint density at radius 2 is 1.92 bits per heavy atom. The number of carbonyl (C=O) groups is 2. The minimum absolute atomic E-state index is 0.0219. The third-order valence-electron chi connectivity index (χ3n) is 0.990. The fraction of sp³-hybridized carbons (Fsp3) is 0.750. The second kappa shape index (κ2) is 5.41. The quantitative estimate of drug-likeness (QED) is 0.639. The lowest BCUT2D eigenvalue weighted by Crippen LogP contribution is -2.33. The van der Waals surface area contributed by atoms with Crippen molar-refractivity contribution in [3.8, 4) is 0 Å². The van der Waals surface area contributed by atoms with Crippen LogP contribution in [0.2, 0.25) is 0 Å². The lowest BCUT2D eigenvalue weighted by molar-refractivity contribution is -0.109. The van der Waals surface area contributed by atoms with Gasteiger partial charge in [0, 0.05) is 13.0 Å². The van der Waals surface area contributed by atoms with E-state index in [1.54, 1.807) is 43.4 Å². The molecular formula is C8H14INO3. The van der Waals surface area contributed by atoms with Gasteiger partial charge in [-0.2, -0.15) is 0 Å². The van der Waals surface area contributed by atoms with Crippen LogP contribution in [-0.4, -0.2) is 22.0 Å². The Morgan fingerprint density at radius 1 is 1.38 bits per heavy atom. The third kappa shape index (κ3) is 9.59. The number of carbonyl (C=O) groups excluding carboxylic acids is 2. The Kier molecular flexibility index (Phi) is 5.27. The van der Waals surface area contributed by atoms with Crippen LogP contribution in [0.3, 0.4) is 0 Å². The molecule has 0 aliphatic rings.